The number of quaternary nitrogens is 1. The van der Waals surface area contributed by atoms with Crippen molar-refractivity contribution < 1.29 is 14.1 Å². The Morgan fingerprint density at radius 3 is 2.45 bits per heavy atom. The van der Waals surface area contributed by atoms with Crippen molar-refractivity contribution in [3.05, 3.63) is 48.3 Å². The third-order valence-corrected chi connectivity index (χ3v) is 3.33. The molecule has 0 bridgehead atoms. The highest BCUT2D eigenvalue weighted by molar-refractivity contribution is 5.81. The van der Waals surface area contributed by atoms with Crippen molar-refractivity contribution in [2.75, 3.05) is 19.6 Å². The molecule has 0 aromatic carbocycles. The Bertz CT molecular complexity index is 557. The summed E-state index contributed by atoms with van der Waals surface area (Å²) in [5.74, 6) is 0.145. The molecule has 0 saturated carbocycles. The van der Waals surface area contributed by atoms with E-state index < -0.39 is 0 Å². The second-order valence-electron chi connectivity index (χ2n) is 5.24. The van der Waals surface area contributed by atoms with Crippen LogP contribution in [0.4, 0.5) is 0 Å². The molecule has 0 amide bonds. The van der Waals surface area contributed by atoms with Crippen molar-refractivity contribution in [1.29, 1.82) is 0 Å². The average Bonchev–Trinajstić information content (AvgIpc) is 2.38. The lowest BCUT2D eigenvalue weighted by atomic mass is 10.1. The van der Waals surface area contributed by atoms with Crippen LogP contribution in [0.2, 0.25) is 0 Å². The van der Waals surface area contributed by atoms with Gasteiger partial charge in [-0.2, -0.15) is 0 Å². The molecule has 104 valence electrons. The average molecular weight is 271 g/mol. The fraction of sp³-hybridized carbons (Fsp3) is 0.312. The molecule has 2 rings (SSSR count). The Balaban J connectivity index is 2.48. The van der Waals surface area contributed by atoms with Crippen molar-refractivity contribution >= 4 is 17.3 Å². The zero-order valence-electron chi connectivity index (χ0n) is 11.9. The topological polar surface area (TPSA) is 47.0 Å². The highest BCUT2D eigenvalue weighted by atomic mass is 16.1. The third-order valence-electron chi connectivity index (χ3n) is 3.33. The molecule has 0 fully saturated rings. The Morgan fingerprint density at radius 2 is 1.90 bits per heavy atom. The molecule has 1 aliphatic heterocycles. The molecular weight excluding hydrogens is 252 g/mol. The van der Waals surface area contributed by atoms with E-state index in [2.05, 4.69) is 4.98 Å². The van der Waals surface area contributed by atoms with E-state index in [4.69, 9.17) is 0 Å². The minimum atomic E-state index is 0.0726. The van der Waals surface area contributed by atoms with Gasteiger partial charge in [-0.25, -0.2) is 0 Å². The molecule has 0 saturated heterocycles. The van der Waals surface area contributed by atoms with Crippen molar-refractivity contribution in [1.82, 2.24) is 4.98 Å². The smallest absolute Gasteiger partial charge is 0.184 e. The normalized spacial score (nSPS) is 16.6. The van der Waals surface area contributed by atoms with Gasteiger partial charge in [-0.3, -0.25) is 19.1 Å². The van der Waals surface area contributed by atoms with E-state index >= 15 is 0 Å². The largest absolute Gasteiger partial charge is 0.294 e. The van der Waals surface area contributed by atoms with Crippen molar-refractivity contribution in [3.8, 4) is 0 Å². The summed E-state index contributed by atoms with van der Waals surface area (Å²) in [6.45, 7) is 4.39. The lowest BCUT2D eigenvalue weighted by Crippen LogP contribution is -2.52. The summed E-state index contributed by atoms with van der Waals surface area (Å²) >= 11 is 0. The first-order chi connectivity index (χ1) is 9.53. The van der Waals surface area contributed by atoms with Gasteiger partial charge in [-0.05, 0) is 18.2 Å². The molecule has 4 nitrogen and oxygen atoms in total. The van der Waals surface area contributed by atoms with E-state index in [1.807, 2.05) is 36.4 Å². The first kappa shape index (κ1) is 14.3. The van der Waals surface area contributed by atoms with Crippen LogP contribution in [0.15, 0.2) is 42.6 Å². The molecule has 0 atom stereocenters. The molecule has 0 radical (unpaired) electrons. The standard InChI is InChI=1S/C16H19N2O2/c1-13(19)11-18(12-14(2)20)10-6-4-8-16(18)15-7-3-5-9-17-15/h3-9H,10-12H2,1-2H3/q+1. The molecule has 4 heteroatoms. The van der Waals surface area contributed by atoms with Crippen LogP contribution in [-0.2, 0) is 9.59 Å². The van der Waals surface area contributed by atoms with Crippen LogP contribution in [-0.4, -0.2) is 40.7 Å². The summed E-state index contributed by atoms with van der Waals surface area (Å²) in [6, 6.07) is 5.68. The molecule has 20 heavy (non-hydrogen) atoms. The maximum Gasteiger partial charge on any atom is 0.184 e. The van der Waals surface area contributed by atoms with E-state index in [0.717, 1.165) is 11.4 Å². The number of aromatic nitrogens is 1. The van der Waals surface area contributed by atoms with E-state index in [9.17, 15) is 9.59 Å². The Kier molecular flexibility index (Phi) is 4.25. The van der Waals surface area contributed by atoms with Crippen LogP contribution in [0.3, 0.4) is 0 Å². The van der Waals surface area contributed by atoms with Gasteiger partial charge in [0, 0.05) is 26.1 Å². The number of carbonyl (C=O) groups excluding carboxylic acids is 2. The fourth-order valence-corrected chi connectivity index (χ4v) is 2.73. The molecule has 1 aromatic heterocycles. The summed E-state index contributed by atoms with van der Waals surface area (Å²) < 4.78 is 0.332. The third kappa shape index (κ3) is 3.08. The van der Waals surface area contributed by atoms with Gasteiger partial charge in [-0.15, -0.1) is 0 Å². The van der Waals surface area contributed by atoms with Gasteiger partial charge in [0.25, 0.3) is 0 Å². The number of nitrogens with zero attached hydrogens (tertiary/aromatic N) is 2. The van der Waals surface area contributed by atoms with Gasteiger partial charge in [0.2, 0.25) is 0 Å². The predicted octanol–water partition coefficient (Wildman–Crippen LogP) is 1.99. The summed E-state index contributed by atoms with van der Waals surface area (Å²) in [6.07, 6.45) is 7.64. The van der Waals surface area contributed by atoms with Crippen LogP contribution >= 0.6 is 0 Å². The highest BCUT2D eigenvalue weighted by Gasteiger charge is 2.37. The maximum atomic E-state index is 11.7. The van der Waals surface area contributed by atoms with Crippen molar-refractivity contribution in [2.24, 2.45) is 0 Å². The molecule has 0 aliphatic carbocycles. The number of hydrogen-bond donors (Lipinski definition) is 0. The number of hydrogen-bond acceptors (Lipinski definition) is 3. The van der Waals surface area contributed by atoms with Crippen LogP contribution in [0, 0.1) is 0 Å². The first-order valence-corrected chi connectivity index (χ1v) is 6.67. The molecule has 2 heterocycles. The first-order valence-electron chi connectivity index (χ1n) is 6.67. The molecule has 0 unspecified atom stereocenters. The maximum absolute atomic E-state index is 11.7. The van der Waals surface area contributed by atoms with Gasteiger partial charge in [0.1, 0.15) is 25.3 Å². The van der Waals surface area contributed by atoms with Crippen LogP contribution < -0.4 is 0 Å². The van der Waals surface area contributed by atoms with Gasteiger partial charge < -0.3 is 0 Å². The Hall–Kier alpha value is -2.07. The zero-order chi connectivity index (χ0) is 14.6. The van der Waals surface area contributed by atoms with Gasteiger partial charge in [0.05, 0.1) is 0 Å². The zero-order valence-corrected chi connectivity index (χ0v) is 11.9. The quantitative estimate of drug-likeness (QED) is 0.769. The number of Topliss-reactive ketones (excluding diaryl/α,β-unsaturated/α-hetero) is 2. The second kappa shape index (κ2) is 5.92. The number of pyridine rings is 1. The summed E-state index contributed by atoms with van der Waals surface area (Å²) in [5.41, 5.74) is 1.75. The van der Waals surface area contributed by atoms with Gasteiger partial charge >= 0.3 is 0 Å². The van der Waals surface area contributed by atoms with Crippen LogP contribution in [0.5, 0.6) is 0 Å². The molecule has 1 aromatic rings. The van der Waals surface area contributed by atoms with E-state index in [-0.39, 0.29) is 11.6 Å². The van der Waals surface area contributed by atoms with E-state index in [1.165, 1.54) is 0 Å². The van der Waals surface area contributed by atoms with Crippen molar-refractivity contribution in [3.63, 3.8) is 0 Å². The number of allylic oxidation sites excluding steroid dienone is 2. The van der Waals surface area contributed by atoms with Crippen LogP contribution in [0.1, 0.15) is 19.5 Å². The minimum Gasteiger partial charge on any atom is -0.294 e. The Morgan fingerprint density at radius 1 is 1.20 bits per heavy atom. The summed E-state index contributed by atoms with van der Waals surface area (Å²) in [7, 11) is 0. The summed E-state index contributed by atoms with van der Waals surface area (Å²) in [5, 5.41) is 0. The SMILES string of the molecule is CC(=O)C[N+]1(CC(C)=O)CC=CC=C1c1ccccn1. The van der Waals surface area contributed by atoms with E-state index in [0.29, 0.717) is 24.1 Å². The monoisotopic (exact) mass is 271 g/mol. The van der Waals surface area contributed by atoms with Gasteiger partial charge in [-0.1, -0.05) is 12.1 Å². The van der Waals surface area contributed by atoms with Crippen molar-refractivity contribution in [2.45, 2.75) is 13.8 Å². The molecular formula is C16H19N2O2+. The fourth-order valence-electron chi connectivity index (χ4n) is 2.73. The second-order valence-corrected chi connectivity index (χ2v) is 5.24. The number of carbonyl (C=O) groups is 2. The van der Waals surface area contributed by atoms with Crippen LogP contribution in [0.25, 0.3) is 5.70 Å². The highest BCUT2D eigenvalue weighted by Crippen LogP contribution is 2.29. The van der Waals surface area contributed by atoms with Gasteiger partial charge in [0.15, 0.2) is 17.3 Å². The molecule has 0 N–H and O–H groups in total. The lowest BCUT2D eigenvalue weighted by molar-refractivity contribution is -0.838. The number of rotatable bonds is 5. The Labute approximate surface area is 119 Å². The summed E-state index contributed by atoms with van der Waals surface area (Å²) in [4.78, 5) is 27.7. The number of ketones is 2. The molecule has 1 aliphatic rings. The predicted molar refractivity (Wildman–Crippen MR) is 77.6 cm³/mol. The minimum absolute atomic E-state index is 0.0726. The van der Waals surface area contributed by atoms with E-state index in [1.54, 1.807) is 20.0 Å². The lowest BCUT2D eigenvalue weighted by Gasteiger charge is -2.38. The molecule has 0 spiro atoms.